The number of methoxy groups -OCH3 is 2. The molecule has 0 rings (SSSR count). The molecule has 80 valence electrons. The van der Waals surface area contributed by atoms with Crippen LogP contribution in [0.25, 0.3) is 0 Å². The fourth-order valence-electron chi connectivity index (χ4n) is 1.23. The van der Waals surface area contributed by atoms with Gasteiger partial charge in [-0.1, -0.05) is 6.92 Å². The summed E-state index contributed by atoms with van der Waals surface area (Å²) in [5.74, 6) is 0.498. The molecule has 0 bridgehead atoms. The summed E-state index contributed by atoms with van der Waals surface area (Å²) in [4.78, 5) is 0. The van der Waals surface area contributed by atoms with Crippen molar-refractivity contribution in [2.24, 2.45) is 11.7 Å². The van der Waals surface area contributed by atoms with Crippen molar-refractivity contribution in [3.05, 3.63) is 0 Å². The van der Waals surface area contributed by atoms with Gasteiger partial charge in [0.2, 0.25) is 0 Å². The molecule has 3 heteroatoms. The lowest BCUT2D eigenvalue weighted by atomic mass is 9.95. The van der Waals surface area contributed by atoms with Crippen LogP contribution in [-0.4, -0.2) is 33.0 Å². The van der Waals surface area contributed by atoms with Gasteiger partial charge in [0, 0.05) is 26.9 Å². The predicted octanol–water partition coefficient (Wildman–Crippen LogP) is 1.41. The first-order valence-corrected chi connectivity index (χ1v) is 4.89. The molecular weight excluding hydrogens is 166 g/mol. The highest BCUT2D eigenvalue weighted by Gasteiger charge is 2.15. The smallest absolute Gasteiger partial charge is 0.0558 e. The van der Waals surface area contributed by atoms with E-state index < -0.39 is 0 Å². The van der Waals surface area contributed by atoms with Gasteiger partial charge in [-0.05, 0) is 25.7 Å². The average Bonchev–Trinajstić information content (AvgIpc) is 2.13. The van der Waals surface area contributed by atoms with E-state index in [4.69, 9.17) is 15.2 Å². The Balaban J connectivity index is 3.61. The minimum atomic E-state index is 0.213. The van der Waals surface area contributed by atoms with Gasteiger partial charge >= 0.3 is 0 Å². The second kappa shape index (κ2) is 7.30. The molecule has 0 aromatic rings. The molecular formula is C10H23NO2. The van der Waals surface area contributed by atoms with E-state index in [1.165, 1.54) is 0 Å². The lowest BCUT2D eigenvalue weighted by Crippen LogP contribution is -2.32. The average molecular weight is 189 g/mol. The first kappa shape index (κ1) is 12.9. The van der Waals surface area contributed by atoms with E-state index in [9.17, 15) is 0 Å². The fraction of sp³-hybridized carbons (Fsp3) is 1.00. The summed E-state index contributed by atoms with van der Waals surface area (Å²) in [6, 6.07) is 0.213. The Bertz CT molecular complexity index is 119. The van der Waals surface area contributed by atoms with E-state index in [0.717, 1.165) is 19.4 Å². The molecule has 0 radical (unpaired) electrons. The van der Waals surface area contributed by atoms with Gasteiger partial charge in [-0.15, -0.1) is 0 Å². The minimum Gasteiger partial charge on any atom is -0.385 e. The SMILES string of the molecule is COCCC(C)C(N)CC(C)OC. The van der Waals surface area contributed by atoms with Crippen molar-refractivity contribution in [1.82, 2.24) is 0 Å². The van der Waals surface area contributed by atoms with E-state index in [0.29, 0.717) is 5.92 Å². The molecule has 0 aliphatic heterocycles. The van der Waals surface area contributed by atoms with Gasteiger partial charge in [0.25, 0.3) is 0 Å². The molecule has 3 nitrogen and oxygen atoms in total. The van der Waals surface area contributed by atoms with Crippen LogP contribution in [0.4, 0.5) is 0 Å². The molecule has 0 fully saturated rings. The van der Waals surface area contributed by atoms with Crippen LogP contribution >= 0.6 is 0 Å². The van der Waals surface area contributed by atoms with Crippen LogP contribution in [-0.2, 0) is 9.47 Å². The van der Waals surface area contributed by atoms with Crippen LogP contribution in [0.15, 0.2) is 0 Å². The summed E-state index contributed by atoms with van der Waals surface area (Å²) in [5.41, 5.74) is 6.00. The standard InChI is InChI=1S/C10H23NO2/c1-8(5-6-12-3)10(11)7-9(2)13-4/h8-10H,5-7,11H2,1-4H3. The van der Waals surface area contributed by atoms with Gasteiger partial charge in [0.1, 0.15) is 0 Å². The van der Waals surface area contributed by atoms with Crippen molar-refractivity contribution in [1.29, 1.82) is 0 Å². The Hall–Kier alpha value is -0.120. The van der Waals surface area contributed by atoms with Crippen LogP contribution in [0, 0.1) is 5.92 Å². The summed E-state index contributed by atoms with van der Waals surface area (Å²) in [5, 5.41) is 0. The van der Waals surface area contributed by atoms with Crippen LogP contribution in [0.5, 0.6) is 0 Å². The quantitative estimate of drug-likeness (QED) is 0.658. The molecule has 0 aliphatic carbocycles. The van der Waals surface area contributed by atoms with Gasteiger partial charge in [0.15, 0.2) is 0 Å². The number of hydrogen-bond acceptors (Lipinski definition) is 3. The third-order valence-corrected chi connectivity index (χ3v) is 2.51. The van der Waals surface area contributed by atoms with Crippen molar-refractivity contribution in [3.63, 3.8) is 0 Å². The number of rotatable bonds is 7. The summed E-state index contributed by atoms with van der Waals surface area (Å²) >= 11 is 0. The molecule has 0 saturated carbocycles. The van der Waals surface area contributed by atoms with E-state index in [1.54, 1.807) is 14.2 Å². The Morgan fingerprint density at radius 3 is 2.31 bits per heavy atom. The van der Waals surface area contributed by atoms with E-state index in [-0.39, 0.29) is 12.1 Å². The lowest BCUT2D eigenvalue weighted by molar-refractivity contribution is 0.0946. The Morgan fingerprint density at radius 1 is 1.23 bits per heavy atom. The second-order valence-electron chi connectivity index (χ2n) is 3.70. The van der Waals surface area contributed by atoms with Crippen LogP contribution < -0.4 is 5.73 Å². The van der Waals surface area contributed by atoms with Crippen molar-refractivity contribution < 1.29 is 9.47 Å². The Labute approximate surface area is 81.6 Å². The maximum Gasteiger partial charge on any atom is 0.0558 e. The highest BCUT2D eigenvalue weighted by molar-refractivity contribution is 4.71. The first-order chi connectivity index (χ1) is 6.11. The van der Waals surface area contributed by atoms with E-state index in [1.807, 2.05) is 6.92 Å². The van der Waals surface area contributed by atoms with Gasteiger partial charge in [-0.2, -0.15) is 0 Å². The third-order valence-electron chi connectivity index (χ3n) is 2.51. The second-order valence-corrected chi connectivity index (χ2v) is 3.70. The van der Waals surface area contributed by atoms with Gasteiger partial charge in [0.05, 0.1) is 6.10 Å². The molecule has 0 heterocycles. The molecule has 3 unspecified atom stereocenters. The highest BCUT2D eigenvalue weighted by Crippen LogP contribution is 2.12. The summed E-state index contributed by atoms with van der Waals surface area (Å²) < 4.78 is 10.2. The van der Waals surface area contributed by atoms with Crippen LogP contribution in [0.2, 0.25) is 0 Å². The molecule has 0 aliphatic rings. The largest absolute Gasteiger partial charge is 0.385 e. The molecule has 2 N–H and O–H groups in total. The van der Waals surface area contributed by atoms with Gasteiger partial charge in [-0.3, -0.25) is 0 Å². The third kappa shape index (κ3) is 6.02. The fourth-order valence-corrected chi connectivity index (χ4v) is 1.23. The topological polar surface area (TPSA) is 44.5 Å². The molecule has 3 atom stereocenters. The number of nitrogens with two attached hydrogens (primary N) is 1. The molecule has 0 aromatic carbocycles. The summed E-state index contributed by atoms with van der Waals surface area (Å²) in [6.07, 6.45) is 2.19. The van der Waals surface area contributed by atoms with Crippen LogP contribution in [0.1, 0.15) is 26.7 Å². The zero-order valence-corrected chi connectivity index (χ0v) is 9.25. The summed E-state index contributed by atoms with van der Waals surface area (Å²) in [7, 11) is 3.44. The Morgan fingerprint density at radius 2 is 1.85 bits per heavy atom. The molecule has 0 saturated heterocycles. The van der Waals surface area contributed by atoms with Crippen molar-refractivity contribution in [3.8, 4) is 0 Å². The van der Waals surface area contributed by atoms with Gasteiger partial charge in [-0.25, -0.2) is 0 Å². The van der Waals surface area contributed by atoms with Crippen LogP contribution in [0.3, 0.4) is 0 Å². The van der Waals surface area contributed by atoms with E-state index >= 15 is 0 Å². The molecule has 0 amide bonds. The molecule has 0 spiro atoms. The molecule has 0 aromatic heterocycles. The number of ether oxygens (including phenoxy) is 2. The summed E-state index contributed by atoms with van der Waals surface area (Å²) in [6.45, 7) is 4.99. The minimum absolute atomic E-state index is 0.213. The normalized spacial score (nSPS) is 18.2. The lowest BCUT2D eigenvalue weighted by Gasteiger charge is -2.22. The van der Waals surface area contributed by atoms with Crippen molar-refractivity contribution in [2.75, 3.05) is 20.8 Å². The first-order valence-electron chi connectivity index (χ1n) is 4.89. The Kier molecular flexibility index (Phi) is 7.23. The maximum absolute atomic E-state index is 6.00. The highest BCUT2D eigenvalue weighted by atomic mass is 16.5. The van der Waals surface area contributed by atoms with Gasteiger partial charge < -0.3 is 15.2 Å². The predicted molar refractivity (Wildman–Crippen MR) is 54.7 cm³/mol. The van der Waals surface area contributed by atoms with Crippen molar-refractivity contribution in [2.45, 2.75) is 38.8 Å². The zero-order chi connectivity index (χ0) is 10.3. The monoisotopic (exact) mass is 189 g/mol. The number of hydrogen-bond donors (Lipinski definition) is 1. The maximum atomic E-state index is 6.00. The van der Waals surface area contributed by atoms with Crippen molar-refractivity contribution >= 4 is 0 Å². The van der Waals surface area contributed by atoms with E-state index in [2.05, 4.69) is 6.92 Å². The molecule has 13 heavy (non-hydrogen) atoms. The zero-order valence-electron chi connectivity index (χ0n) is 9.25.